The summed E-state index contributed by atoms with van der Waals surface area (Å²) < 4.78 is 35.0. The maximum Gasteiger partial charge on any atom is 0.373 e. The van der Waals surface area contributed by atoms with Crippen LogP contribution >= 0.6 is 0 Å². The van der Waals surface area contributed by atoms with Gasteiger partial charge in [-0.2, -0.15) is 0 Å². The van der Waals surface area contributed by atoms with E-state index in [0.717, 1.165) is 10.5 Å². The highest BCUT2D eigenvalue weighted by molar-refractivity contribution is 6.13. The summed E-state index contributed by atoms with van der Waals surface area (Å²) in [4.78, 5) is 38.1. The second kappa shape index (κ2) is 11.5. The van der Waals surface area contributed by atoms with Crippen LogP contribution in [0.25, 0.3) is 6.08 Å². The van der Waals surface area contributed by atoms with Crippen LogP contribution in [-0.2, 0) is 29.1 Å². The van der Waals surface area contributed by atoms with E-state index in [9.17, 15) is 18.8 Å². The molecule has 0 radical (unpaired) electrons. The Hall–Kier alpha value is -4.86. The number of allylic oxidation sites excluding steroid dienone is 1. The van der Waals surface area contributed by atoms with E-state index in [4.69, 9.17) is 13.9 Å². The molecule has 38 heavy (non-hydrogen) atoms. The van der Waals surface area contributed by atoms with Gasteiger partial charge >= 0.3 is 12.0 Å². The van der Waals surface area contributed by atoms with Crippen LogP contribution in [0.5, 0.6) is 11.5 Å². The number of methoxy groups -OCH3 is 2. The standard InChI is InChI=1S/C28H25FN2O7/c1-4-6-19-11-18(14-24(35-2)25(19)37-16-17-7-5-8-20(29)12-17)13-22-26(32)31(28(34)30-22)15-21-9-10-23(38-21)27(33)36-3/h4-5,7-14H,1,6,15-16H2,2-3H3,(H,30,34)/b22-13-. The maximum atomic E-state index is 13.6. The highest BCUT2D eigenvalue weighted by Crippen LogP contribution is 2.35. The number of carbonyl (C=O) groups is 3. The number of halogens is 1. The van der Waals surface area contributed by atoms with E-state index in [-0.39, 0.29) is 36.2 Å². The van der Waals surface area contributed by atoms with Gasteiger partial charge in [0.1, 0.15) is 23.9 Å². The molecule has 196 valence electrons. The van der Waals surface area contributed by atoms with Crippen molar-refractivity contribution in [3.05, 3.63) is 101 Å². The average Bonchev–Trinajstić information content (AvgIpc) is 3.48. The zero-order chi connectivity index (χ0) is 27.2. The average molecular weight is 521 g/mol. The molecule has 0 atom stereocenters. The van der Waals surface area contributed by atoms with Crippen LogP contribution in [0.1, 0.15) is 33.0 Å². The van der Waals surface area contributed by atoms with Gasteiger partial charge in [0, 0.05) is 5.56 Å². The van der Waals surface area contributed by atoms with Crippen LogP contribution in [0.3, 0.4) is 0 Å². The zero-order valence-electron chi connectivity index (χ0n) is 20.8. The molecule has 0 aliphatic carbocycles. The molecule has 1 aliphatic rings. The third-order valence-electron chi connectivity index (χ3n) is 5.65. The SMILES string of the molecule is C=CCc1cc(/C=C2\NC(=O)N(Cc3ccc(C(=O)OC)o3)C2=O)cc(OC)c1OCc1cccc(F)c1. The van der Waals surface area contributed by atoms with Gasteiger partial charge < -0.3 is 23.9 Å². The second-order valence-electron chi connectivity index (χ2n) is 8.26. The van der Waals surface area contributed by atoms with Crippen molar-refractivity contribution >= 4 is 24.0 Å². The van der Waals surface area contributed by atoms with Crippen LogP contribution < -0.4 is 14.8 Å². The lowest BCUT2D eigenvalue weighted by atomic mass is 10.0. The first-order chi connectivity index (χ1) is 18.3. The molecule has 0 bridgehead atoms. The molecular formula is C28H25FN2O7. The Morgan fingerprint density at radius 1 is 1.16 bits per heavy atom. The van der Waals surface area contributed by atoms with Gasteiger partial charge in [0.15, 0.2) is 11.5 Å². The lowest BCUT2D eigenvalue weighted by Crippen LogP contribution is -2.30. The van der Waals surface area contributed by atoms with E-state index in [1.165, 1.54) is 44.6 Å². The minimum Gasteiger partial charge on any atom is -0.493 e. The number of esters is 1. The van der Waals surface area contributed by atoms with Crippen molar-refractivity contribution in [1.29, 1.82) is 0 Å². The summed E-state index contributed by atoms with van der Waals surface area (Å²) in [6.45, 7) is 3.74. The van der Waals surface area contributed by atoms with Gasteiger partial charge in [-0.1, -0.05) is 18.2 Å². The van der Waals surface area contributed by atoms with Crippen LogP contribution in [0.2, 0.25) is 0 Å². The van der Waals surface area contributed by atoms with E-state index in [2.05, 4.69) is 16.6 Å². The first-order valence-electron chi connectivity index (χ1n) is 11.5. The van der Waals surface area contributed by atoms with Crippen LogP contribution in [0, 0.1) is 5.82 Å². The summed E-state index contributed by atoms with van der Waals surface area (Å²) in [5.74, 6) is -0.534. The molecule has 2 aromatic carbocycles. The fraction of sp³-hybridized carbons (Fsp3) is 0.179. The Morgan fingerprint density at radius 2 is 1.97 bits per heavy atom. The molecule has 3 amide bonds. The number of ether oxygens (including phenoxy) is 3. The molecule has 9 nitrogen and oxygen atoms in total. The number of nitrogens with one attached hydrogen (secondary N) is 1. The molecule has 1 aliphatic heterocycles. The first-order valence-corrected chi connectivity index (χ1v) is 11.5. The van der Waals surface area contributed by atoms with Crippen molar-refractivity contribution in [2.24, 2.45) is 0 Å². The predicted molar refractivity (Wildman–Crippen MR) is 135 cm³/mol. The maximum absolute atomic E-state index is 13.6. The number of urea groups is 1. The Morgan fingerprint density at radius 3 is 2.68 bits per heavy atom. The van der Waals surface area contributed by atoms with Gasteiger partial charge in [-0.3, -0.25) is 9.69 Å². The van der Waals surface area contributed by atoms with Crippen LogP contribution in [-0.4, -0.2) is 37.0 Å². The molecule has 4 rings (SSSR count). The third-order valence-corrected chi connectivity index (χ3v) is 5.65. The predicted octanol–water partition coefficient (Wildman–Crippen LogP) is 4.61. The summed E-state index contributed by atoms with van der Waals surface area (Å²) in [6.07, 6.45) is 3.64. The Kier molecular flexibility index (Phi) is 7.91. The van der Waals surface area contributed by atoms with Gasteiger partial charge in [0.05, 0.1) is 20.8 Å². The van der Waals surface area contributed by atoms with Crippen molar-refractivity contribution in [2.45, 2.75) is 19.6 Å². The highest BCUT2D eigenvalue weighted by atomic mass is 19.1. The van der Waals surface area contributed by atoms with Gasteiger partial charge in [0.25, 0.3) is 5.91 Å². The van der Waals surface area contributed by atoms with Crippen molar-refractivity contribution in [3.63, 3.8) is 0 Å². The molecule has 2 heterocycles. The van der Waals surface area contributed by atoms with E-state index in [0.29, 0.717) is 29.0 Å². The second-order valence-corrected chi connectivity index (χ2v) is 8.26. The highest BCUT2D eigenvalue weighted by Gasteiger charge is 2.34. The lowest BCUT2D eigenvalue weighted by molar-refractivity contribution is -0.123. The Bertz CT molecular complexity index is 1430. The van der Waals surface area contributed by atoms with Crippen molar-refractivity contribution in [1.82, 2.24) is 10.2 Å². The molecule has 1 fully saturated rings. The normalized spacial score (nSPS) is 14.0. The Labute approximate surface area is 218 Å². The number of nitrogens with zero attached hydrogens (tertiary/aromatic N) is 1. The molecular weight excluding hydrogens is 495 g/mol. The van der Waals surface area contributed by atoms with E-state index in [1.807, 2.05) is 0 Å². The van der Waals surface area contributed by atoms with Crippen molar-refractivity contribution in [2.75, 3.05) is 14.2 Å². The quantitative estimate of drug-likeness (QED) is 0.180. The number of carbonyl (C=O) groups excluding carboxylic acids is 3. The van der Waals surface area contributed by atoms with Gasteiger partial charge in [-0.25, -0.2) is 14.0 Å². The summed E-state index contributed by atoms with van der Waals surface area (Å²) in [6, 6.07) is 11.8. The number of amides is 3. The first kappa shape index (κ1) is 26.2. The van der Waals surface area contributed by atoms with Crippen molar-refractivity contribution < 1.29 is 37.4 Å². The summed E-state index contributed by atoms with van der Waals surface area (Å²) in [5, 5.41) is 2.56. The topological polar surface area (TPSA) is 107 Å². The van der Waals surface area contributed by atoms with Crippen LogP contribution in [0.4, 0.5) is 9.18 Å². The summed E-state index contributed by atoms with van der Waals surface area (Å²) in [5.41, 5.74) is 2.00. The fourth-order valence-corrected chi connectivity index (χ4v) is 3.88. The van der Waals surface area contributed by atoms with E-state index in [1.54, 1.807) is 30.3 Å². The minimum atomic E-state index is -0.665. The van der Waals surface area contributed by atoms with Gasteiger partial charge in [0.2, 0.25) is 5.76 Å². The molecule has 1 aromatic heterocycles. The largest absolute Gasteiger partial charge is 0.493 e. The number of hydrogen-bond donors (Lipinski definition) is 1. The monoisotopic (exact) mass is 520 g/mol. The lowest BCUT2D eigenvalue weighted by Gasteiger charge is -2.16. The number of furan rings is 1. The van der Waals surface area contributed by atoms with E-state index >= 15 is 0 Å². The Balaban J connectivity index is 1.56. The summed E-state index contributed by atoms with van der Waals surface area (Å²) >= 11 is 0. The minimum absolute atomic E-state index is 0.0353. The number of benzene rings is 2. The summed E-state index contributed by atoms with van der Waals surface area (Å²) in [7, 11) is 2.70. The molecule has 0 unspecified atom stereocenters. The van der Waals surface area contributed by atoms with Gasteiger partial charge in [-0.05, 0) is 60.0 Å². The van der Waals surface area contributed by atoms with Gasteiger partial charge in [-0.15, -0.1) is 6.58 Å². The zero-order valence-corrected chi connectivity index (χ0v) is 20.8. The number of hydrogen-bond acceptors (Lipinski definition) is 7. The molecule has 3 aromatic rings. The molecule has 10 heteroatoms. The molecule has 0 saturated carbocycles. The number of imide groups is 1. The van der Waals surface area contributed by atoms with Crippen LogP contribution in [0.15, 0.2) is 71.3 Å². The number of rotatable bonds is 10. The third kappa shape index (κ3) is 5.75. The van der Waals surface area contributed by atoms with Crippen molar-refractivity contribution in [3.8, 4) is 11.5 Å². The molecule has 1 N–H and O–H groups in total. The fourth-order valence-electron chi connectivity index (χ4n) is 3.88. The van der Waals surface area contributed by atoms with E-state index < -0.39 is 17.9 Å². The molecule has 1 saturated heterocycles. The molecule has 0 spiro atoms. The smallest absolute Gasteiger partial charge is 0.373 e.